The molecule has 0 aromatic heterocycles. The molecular weight excluding hydrogens is 407 g/mol. The van der Waals surface area contributed by atoms with Crippen LogP contribution in [0.2, 0.25) is 0 Å². The van der Waals surface area contributed by atoms with Gasteiger partial charge in [0.15, 0.2) is 0 Å². The minimum atomic E-state index is -2.30. The Bertz CT molecular complexity index is 1010. The maximum atomic E-state index is 5.10. The van der Waals surface area contributed by atoms with Gasteiger partial charge in [0.1, 0.15) is 12.2 Å². The fraction of sp³-hybridized carbons (Fsp3) is 0.0667. The molecule has 1 nitrogen and oxygen atoms in total. The van der Waals surface area contributed by atoms with Crippen LogP contribution in [-0.4, -0.2) is 12.2 Å². The fourth-order valence-electron chi connectivity index (χ4n) is 4.55. The Hall–Kier alpha value is -3.25. The zero-order chi connectivity index (χ0) is 21.6. The van der Waals surface area contributed by atoms with Gasteiger partial charge in [0, 0.05) is 0 Å². The molecule has 0 saturated carbocycles. The van der Waals surface area contributed by atoms with E-state index >= 15 is 0 Å². The van der Waals surface area contributed by atoms with Crippen LogP contribution in [-0.2, 0) is 4.74 Å². The van der Waals surface area contributed by atoms with Crippen molar-refractivity contribution in [1.29, 1.82) is 0 Å². The monoisotopic (exact) mass is 434 g/mol. The molecule has 0 bridgehead atoms. The van der Waals surface area contributed by atoms with Crippen molar-refractivity contribution in [2.24, 2.45) is 0 Å². The standard InChI is InChI=1S/C24H21P.C6H6O/c1-5-13-21(14-6-1)25(22-15-7-2-8-16-22,23-17-9-3-10-18-23)24-19-11-4-12-20-24;1-2-4-6-5(3-1)7-6/h1-20,25H;1-6H. The van der Waals surface area contributed by atoms with Gasteiger partial charge in [-0.2, -0.15) is 0 Å². The number of allylic oxidation sites excluding steroid dienone is 2. The Morgan fingerprint density at radius 2 is 0.688 bits per heavy atom. The number of hydrogen-bond acceptors (Lipinski definition) is 1. The van der Waals surface area contributed by atoms with Crippen LogP contribution in [0.15, 0.2) is 146 Å². The third kappa shape index (κ3) is 4.10. The molecule has 6 rings (SSSR count). The molecule has 2 aliphatic rings. The molecule has 4 aromatic rings. The number of benzene rings is 4. The Morgan fingerprint density at radius 3 is 0.938 bits per heavy atom. The first kappa shape index (κ1) is 20.6. The summed E-state index contributed by atoms with van der Waals surface area (Å²) in [5.41, 5.74) is 0. The van der Waals surface area contributed by atoms with Gasteiger partial charge in [0.25, 0.3) is 0 Å². The van der Waals surface area contributed by atoms with E-state index in [2.05, 4.69) is 133 Å². The summed E-state index contributed by atoms with van der Waals surface area (Å²) >= 11 is 0. The van der Waals surface area contributed by atoms with Gasteiger partial charge < -0.3 is 4.74 Å². The van der Waals surface area contributed by atoms with Crippen LogP contribution >= 0.6 is 7.26 Å². The second-order valence-corrected chi connectivity index (χ2v) is 11.9. The first-order valence-electron chi connectivity index (χ1n) is 11.1. The molecule has 1 aliphatic heterocycles. The van der Waals surface area contributed by atoms with Crippen molar-refractivity contribution in [2.75, 3.05) is 0 Å². The van der Waals surface area contributed by atoms with Gasteiger partial charge in [-0.15, -0.1) is 0 Å². The SMILES string of the molecule is C1=CC2OC2C=C1.c1ccc([PH](c2ccccc2)(c2ccccc2)c2ccccc2)cc1. The predicted molar refractivity (Wildman–Crippen MR) is 140 cm³/mol. The number of hydrogen-bond donors (Lipinski definition) is 0. The van der Waals surface area contributed by atoms with E-state index in [0.29, 0.717) is 12.2 Å². The molecule has 2 unspecified atom stereocenters. The summed E-state index contributed by atoms with van der Waals surface area (Å²) < 4.78 is 5.10. The molecule has 1 aliphatic carbocycles. The maximum absolute atomic E-state index is 5.10. The molecule has 1 saturated heterocycles. The van der Waals surface area contributed by atoms with E-state index in [-0.39, 0.29) is 0 Å². The van der Waals surface area contributed by atoms with Gasteiger partial charge in [-0.25, -0.2) is 0 Å². The summed E-state index contributed by atoms with van der Waals surface area (Å²) in [7, 11) is -2.30. The van der Waals surface area contributed by atoms with Gasteiger partial charge in [-0.3, -0.25) is 0 Å². The zero-order valence-corrected chi connectivity index (χ0v) is 18.9. The summed E-state index contributed by atoms with van der Waals surface area (Å²) in [5.74, 6) is 0. The third-order valence-electron chi connectivity index (χ3n) is 6.10. The first-order valence-corrected chi connectivity index (χ1v) is 13.1. The summed E-state index contributed by atoms with van der Waals surface area (Å²) in [6, 6.07) is 44.0. The predicted octanol–water partition coefficient (Wildman–Crippen LogP) is 4.92. The fourth-order valence-corrected chi connectivity index (χ4v) is 9.32. The average Bonchev–Trinajstić information content (AvgIpc) is 3.68. The molecule has 0 N–H and O–H groups in total. The van der Waals surface area contributed by atoms with Crippen LogP contribution < -0.4 is 21.2 Å². The molecule has 0 amide bonds. The van der Waals surface area contributed by atoms with Crippen molar-refractivity contribution in [1.82, 2.24) is 0 Å². The average molecular weight is 435 g/mol. The molecule has 2 atom stereocenters. The first-order chi connectivity index (χ1) is 15.9. The Morgan fingerprint density at radius 1 is 0.406 bits per heavy atom. The van der Waals surface area contributed by atoms with Crippen LogP contribution in [0.3, 0.4) is 0 Å². The zero-order valence-electron chi connectivity index (χ0n) is 17.9. The molecule has 4 aromatic carbocycles. The van der Waals surface area contributed by atoms with E-state index in [9.17, 15) is 0 Å². The summed E-state index contributed by atoms with van der Waals surface area (Å²) in [6.45, 7) is 0. The molecular formula is C30H27OP. The molecule has 1 heterocycles. The van der Waals surface area contributed by atoms with Gasteiger partial charge in [-0.05, 0) is 0 Å². The Kier molecular flexibility index (Phi) is 6.12. The van der Waals surface area contributed by atoms with E-state index in [1.54, 1.807) is 0 Å². The van der Waals surface area contributed by atoms with Crippen molar-refractivity contribution < 1.29 is 4.74 Å². The second kappa shape index (κ2) is 9.49. The summed E-state index contributed by atoms with van der Waals surface area (Å²) in [4.78, 5) is 0. The molecule has 2 heteroatoms. The van der Waals surface area contributed by atoms with E-state index in [0.717, 1.165) is 0 Å². The number of epoxide rings is 1. The third-order valence-corrected chi connectivity index (χ3v) is 10.9. The van der Waals surface area contributed by atoms with Crippen LogP contribution in [0.4, 0.5) is 0 Å². The quantitative estimate of drug-likeness (QED) is 0.328. The molecule has 1 fully saturated rings. The molecule has 158 valence electrons. The Balaban J connectivity index is 0.000000259. The Labute approximate surface area is 191 Å². The van der Waals surface area contributed by atoms with E-state index < -0.39 is 7.26 Å². The van der Waals surface area contributed by atoms with Crippen LogP contribution in [0.1, 0.15) is 0 Å². The van der Waals surface area contributed by atoms with E-state index in [1.807, 2.05) is 12.2 Å². The van der Waals surface area contributed by atoms with Gasteiger partial charge in [0.2, 0.25) is 0 Å². The molecule has 0 radical (unpaired) electrons. The van der Waals surface area contributed by atoms with Gasteiger partial charge in [-0.1, -0.05) is 24.3 Å². The number of fused-ring (bicyclic) bond motifs is 1. The van der Waals surface area contributed by atoms with Crippen molar-refractivity contribution in [3.63, 3.8) is 0 Å². The summed E-state index contributed by atoms with van der Waals surface area (Å²) in [5, 5.41) is 5.66. The minimum absolute atomic E-state index is 0.435. The summed E-state index contributed by atoms with van der Waals surface area (Å²) in [6.07, 6.45) is 9.06. The van der Waals surface area contributed by atoms with E-state index in [4.69, 9.17) is 4.74 Å². The number of ether oxygens (including phenoxy) is 1. The molecule has 32 heavy (non-hydrogen) atoms. The van der Waals surface area contributed by atoms with Crippen LogP contribution in [0, 0.1) is 0 Å². The van der Waals surface area contributed by atoms with Crippen molar-refractivity contribution >= 4 is 28.5 Å². The second-order valence-electron chi connectivity index (χ2n) is 8.05. The van der Waals surface area contributed by atoms with Crippen molar-refractivity contribution in [3.8, 4) is 0 Å². The van der Waals surface area contributed by atoms with Crippen LogP contribution in [0.5, 0.6) is 0 Å². The van der Waals surface area contributed by atoms with Crippen molar-refractivity contribution in [2.45, 2.75) is 12.2 Å². The van der Waals surface area contributed by atoms with Crippen LogP contribution in [0.25, 0.3) is 0 Å². The number of rotatable bonds is 4. The van der Waals surface area contributed by atoms with Crippen molar-refractivity contribution in [3.05, 3.63) is 146 Å². The van der Waals surface area contributed by atoms with Gasteiger partial charge in [0.05, 0.1) is 0 Å². The van der Waals surface area contributed by atoms with E-state index in [1.165, 1.54) is 21.2 Å². The topological polar surface area (TPSA) is 12.5 Å². The normalized spacial score (nSPS) is 18.8. The van der Waals surface area contributed by atoms with Gasteiger partial charge >= 0.3 is 150 Å². The molecule has 0 spiro atoms.